The number of aromatic amines is 1. The molecule has 0 saturated carbocycles. The Kier molecular flexibility index (Phi) is 4.24. The summed E-state index contributed by atoms with van der Waals surface area (Å²) in [6.07, 6.45) is 1.62. The lowest BCUT2D eigenvalue weighted by atomic mass is 10.1. The van der Waals surface area contributed by atoms with Crippen molar-refractivity contribution in [3.05, 3.63) is 56.7 Å². The van der Waals surface area contributed by atoms with Gasteiger partial charge in [0.1, 0.15) is 11.5 Å². The second kappa shape index (κ2) is 6.10. The first-order valence-corrected chi connectivity index (χ1v) is 6.47. The van der Waals surface area contributed by atoms with E-state index < -0.39 is 11.2 Å². The van der Waals surface area contributed by atoms with Gasteiger partial charge in [-0.15, -0.1) is 0 Å². The van der Waals surface area contributed by atoms with E-state index >= 15 is 0 Å². The molecule has 1 heterocycles. The van der Waals surface area contributed by atoms with Crippen LogP contribution >= 0.6 is 0 Å². The molecule has 0 fully saturated rings. The molecule has 0 radical (unpaired) electrons. The molecule has 0 saturated heterocycles. The normalized spacial score (nSPS) is 10.4. The standard InChI is InChI=1S/C14H18N4O2/c1-16-11-12(15)18(14(20)17-13(11)19)9-5-8-10-6-3-2-4-7-10/h2-4,6-7,16H,5,8-9,15H2,1H3,(H,17,19,20). The quantitative estimate of drug-likeness (QED) is 0.751. The zero-order chi connectivity index (χ0) is 14.5. The van der Waals surface area contributed by atoms with Crippen molar-refractivity contribution in [1.29, 1.82) is 0 Å². The maximum absolute atomic E-state index is 11.8. The Labute approximate surface area is 116 Å². The fraction of sp³-hybridized carbons (Fsp3) is 0.286. The van der Waals surface area contributed by atoms with Gasteiger partial charge in [0, 0.05) is 13.6 Å². The maximum Gasteiger partial charge on any atom is 0.330 e. The summed E-state index contributed by atoms with van der Waals surface area (Å²) in [5.41, 5.74) is 6.32. The van der Waals surface area contributed by atoms with Gasteiger partial charge in [-0.05, 0) is 18.4 Å². The summed E-state index contributed by atoms with van der Waals surface area (Å²) >= 11 is 0. The summed E-state index contributed by atoms with van der Waals surface area (Å²) < 4.78 is 1.39. The fourth-order valence-corrected chi connectivity index (χ4v) is 2.14. The van der Waals surface area contributed by atoms with Crippen LogP contribution in [0.5, 0.6) is 0 Å². The Balaban J connectivity index is 2.14. The third-order valence-corrected chi connectivity index (χ3v) is 3.18. The molecule has 0 aliphatic heterocycles. The molecule has 0 unspecified atom stereocenters. The molecular weight excluding hydrogens is 256 g/mol. The molecular formula is C14H18N4O2. The predicted octanol–water partition coefficient (Wildman–Crippen LogP) is 0.793. The molecule has 106 valence electrons. The van der Waals surface area contributed by atoms with Crippen molar-refractivity contribution in [3.63, 3.8) is 0 Å². The number of nitrogen functional groups attached to an aromatic ring is 1. The van der Waals surface area contributed by atoms with Crippen molar-refractivity contribution < 1.29 is 0 Å². The van der Waals surface area contributed by atoms with Crippen LogP contribution in [0.2, 0.25) is 0 Å². The van der Waals surface area contributed by atoms with Crippen molar-refractivity contribution in [2.24, 2.45) is 0 Å². The van der Waals surface area contributed by atoms with Crippen molar-refractivity contribution >= 4 is 11.5 Å². The number of aromatic nitrogens is 2. The minimum atomic E-state index is -0.491. The minimum Gasteiger partial charge on any atom is -0.383 e. The molecule has 0 aliphatic carbocycles. The Morgan fingerprint density at radius 3 is 2.60 bits per heavy atom. The summed E-state index contributed by atoms with van der Waals surface area (Å²) in [5, 5.41) is 2.71. The highest BCUT2D eigenvalue weighted by atomic mass is 16.2. The lowest BCUT2D eigenvalue weighted by molar-refractivity contribution is 0.614. The van der Waals surface area contributed by atoms with Gasteiger partial charge in [0.2, 0.25) is 0 Å². The smallest absolute Gasteiger partial charge is 0.330 e. The second-order valence-corrected chi connectivity index (χ2v) is 4.51. The first-order valence-electron chi connectivity index (χ1n) is 6.47. The molecule has 1 aromatic heterocycles. The van der Waals surface area contributed by atoms with Crippen LogP contribution in [0.25, 0.3) is 0 Å². The van der Waals surface area contributed by atoms with E-state index in [1.807, 2.05) is 30.3 Å². The van der Waals surface area contributed by atoms with Crippen molar-refractivity contribution in [2.45, 2.75) is 19.4 Å². The number of hydrogen-bond acceptors (Lipinski definition) is 4. The Morgan fingerprint density at radius 2 is 1.95 bits per heavy atom. The summed E-state index contributed by atoms with van der Waals surface area (Å²) in [5.74, 6) is 0.175. The number of anilines is 2. The molecule has 2 aromatic rings. The molecule has 4 N–H and O–H groups in total. The summed E-state index contributed by atoms with van der Waals surface area (Å²) in [4.78, 5) is 25.6. The highest BCUT2D eigenvalue weighted by Crippen LogP contribution is 2.10. The maximum atomic E-state index is 11.8. The molecule has 1 aromatic carbocycles. The Hall–Kier alpha value is -2.50. The van der Waals surface area contributed by atoms with E-state index in [1.165, 1.54) is 10.1 Å². The van der Waals surface area contributed by atoms with E-state index in [9.17, 15) is 9.59 Å². The van der Waals surface area contributed by atoms with Gasteiger partial charge < -0.3 is 11.1 Å². The molecule has 0 spiro atoms. The van der Waals surface area contributed by atoms with E-state index in [0.29, 0.717) is 6.54 Å². The minimum absolute atomic E-state index is 0.175. The molecule has 0 amide bonds. The largest absolute Gasteiger partial charge is 0.383 e. The lowest BCUT2D eigenvalue weighted by Gasteiger charge is -2.12. The highest BCUT2D eigenvalue weighted by Gasteiger charge is 2.10. The van der Waals surface area contributed by atoms with Crippen LogP contribution in [0.15, 0.2) is 39.9 Å². The van der Waals surface area contributed by atoms with Gasteiger partial charge in [-0.2, -0.15) is 0 Å². The number of nitrogens with two attached hydrogens (primary N) is 1. The average molecular weight is 274 g/mol. The second-order valence-electron chi connectivity index (χ2n) is 4.51. The SMILES string of the molecule is CNc1c(N)n(CCCc2ccccc2)c(=O)[nH]c1=O. The molecule has 0 atom stereocenters. The van der Waals surface area contributed by atoms with Crippen molar-refractivity contribution in [1.82, 2.24) is 9.55 Å². The molecule has 6 heteroatoms. The average Bonchev–Trinajstić information content (AvgIpc) is 2.44. The monoisotopic (exact) mass is 274 g/mol. The van der Waals surface area contributed by atoms with Gasteiger partial charge >= 0.3 is 5.69 Å². The van der Waals surface area contributed by atoms with Gasteiger partial charge in [-0.1, -0.05) is 30.3 Å². The first kappa shape index (κ1) is 13.9. The summed E-state index contributed by atoms with van der Waals surface area (Å²) in [6, 6.07) is 10.0. The van der Waals surface area contributed by atoms with Crippen LogP contribution in [0.4, 0.5) is 11.5 Å². The van der Waals surface area contributed by atoms with Crippen LogP contribution in [0, 0.1) is 0 Å². The molecule has 0 bridgehead atoms. The number of benzene rings is 1. The van der Waals surface area contributed by atoms with E-state index in [0.717, 1.165) is 12.8 Å². The fourth-order valence-electron chi connectivity index (χ4n) is 2.14. The molecule has 20 heavy (non-hydrogen) atoms. The predicted molar refractivity (Wildman–Crippen MR) is 80.0 cm³/mol. The van der Waals surface area contributed by atoms with E-state index in [4.69, 9.17) is 5.73 Å². The van der Waals surface area contributed by atoms with E-state index in [2.05, 4.69) is 10.3 Å². The zero-order valence-corrected chi connectivity index (χ0v) is 11.3. The Morgan fingerprint density at radius 1 is 1.25 bits per heavy atom. The molecule has 6 nitrogen and oxygen atoms in total. The van der Waals surface area contributed by atoms with Crippen LogP contribution in [-0.4, -0.2) is 16.6 Å². The van der Waals surface area contributed by atoms with E-state index in [1.54, 1.807) is 7.05 Å². The van der Waals surface area contributed by atoms with Crippen molar-refractivity contribution in [2.75, 3.05) is 18.1 Å². The number of hydrogen-bond donors (Lipinski definition) is 3. The third kappa shape index (κ3) is 2.90. The molecule has 0 aliphatic rings. The first-order chi connectivity index (χ1) is 9.63. The van der Waals surface area contributed by atoms with E-state index in [-0.39, 0.29) is 11.5 Å². The number of H-pyrrole nitrogens is 1. The van der Waals surface area contributed by atoms with Crippen LogP contribution < -0.4 is 22.3 Å². The molecule has 2 rings (SSSR count). The van der Waals surface area contributed by atoms with Crippen LogP contribution in [-0.2, 0) is 13.0 Å². The number of nitrogens with zero attached hydrogens (tertiary/aromatic N) is 1. The topological polar surface area (TPSA) is 92.9 Å². The number of aryl methyl sites for hydroxylation is 1. The third-order valence-electron chi connectivity index (χ3n) is 3.18. The lowest BCUT2D eigenvalue weighted by Crippen LogP contribution is -2.33. The number of nitrogens with one attached hydrogen (secondary N) is 2. The highest BCUT2D eigenvalue weighted by molar-refractivity contribution is 5.59. The van der Waals surface area contributed by atoms with Gasteiger partial charge in [0.15, 0.2) is 0 Å². The number of rotatable bonds is 5. The Bertz CT molecular complexity index is 689. The van der Waals surface area contributed by atoms with Gasteiger partial charge in [0.25, 0.3) is 5.56 Å². The summed E-state index contributed by atoms with van der Waals surface area (Å²) in [6.45, 7) is 0.463. The van der Waals surface area contributed by atoms with Crippen molar-refractivity contribution in [3.8, 4) is 0 Å². The van der Waals surface area contributed by atoms with Gasteiger partial charge in [0.05, 0.1) is 0 Å². The zero-order valence-electron chi connectivity index (χ0n) is 11.3. The summed E-state index contributed by atoms with van der Waals surface area (Å²) in [7, 11) is 1.60. The van der Waals surface area contributed by atoms with Crippen LogP contribution in [0.1, 0.15) is 12.0 Å². The van der Waals surface area contributed by atoms with Gasteiger partial charge in [-0.25, -0.2) is 4.79 Å². The van der Waals surface area contributed by atoms with Gasteiger partial charge in [-0.3, -0.25) is 14.3 Å². The van der Waals surface area contributed by atoms with Crippen LogP contribution in [0.3, 0.4) is 0 Å².